The van der Waals surface area contributed by atoms with Gasteiger partial charge in [-0.1, -0.05) is 0 Å². The molecule has 4 aromatic rings. The topological polar surface area (TPSA) is 135 Å². The first kappa shape index (κ1) is 21.1. The number of aryl methyl sites for hydroxylation is 1. The highest BCUT2D eigenvalue weighted by atomic mass is 19.3. The number of nitrogen functional groups attached to an aromatic ring is 1. The summed E-state index contributed by atoms with van der Waals surface area (Å²) in [6.45, 7) is -1.31. The smallest absolute Gasteiger partial charge is 0.387 e. The Morgan fingerprint density at radius 1 is 1.09 bits per heavy atom. The normalized spacial score (nSPS) is 11.2. The predicted octanol–water partition coefficient (Wildman–Crippen LogP) is 3.78. The van der Waals surface area contributed by atoms with Gasteiger partial charge in [-0.3, -0.25) is 15.0 Å². The Morgan fingerprint density at radius 3 is 2.47 bits per heavy atom. The van der Waals surface area contributed by atoms with Crippen LogP contribution in [-0.4, -0.2) is 36.5 Å². The van der Waals surface area contributed by atoms with E-state index in [1.54, 1.807) is 13.0 Å². The predicted molar refractivity (Wildman–Crippen MR) is 108 cm³/mol. The van der Waals surface area contributed by atoms with E-state index in [-0.39, 0.29) is 28.4 Å². The molecule has 0 saturated heterocycles. The third-order valence-corrected chi connectivity index (χ3v) is 4.44. The van der Waals surface area contributed by atoms with Gasteiger partial charge in [-0.15, -0.1) is 5.23 Å². The molecule has 0 bridgehead atoms. The van der Waals surface area contributed by atoms with Crippen LogP contribution in [0.3, 0.4) is 0 Å². The number of nitrogens with two attached hydrogens (primary N) is 1. The number of imidazole rings is 1. The molecule has 5 N–H and O–H groups in total. The lowest BCUT2D eigenvalue weighted by molar-refractivity contribution is -0.0498. The Kier molecular flexibility index (Phi) is 5.42. The number of hydrogen-bond donors (Lipinski definition) is 4. The highest BCUT2D eigenvalue weighted by Gasteiger charge is 2.18. The number of alkyl halides is 2. The lowest BCUT2D eigenvalue weighted by Gasteiger charge is -2.13. The maximum absolute atomic E-state index is 14.6. The third-order valence-electron chi connectivity index (χ3n) is 4.44. The number of nitrogens with zero attached hydrogens (tertiary/aromatic N) is 5. The monoisotopic (exact) mass is 447 g/mol. The van der Waals surface area contributed by atoms with Crippen molar-refractivity contribution in [2.24, 2.45) is 0 Å². The van der Waals surface area contributed by atoms with E-state index in [0.29, 0.717) is 22.5 Å². The molecule has 2 aromatic heterocycles. The molecule has 0 atom stereocenters. The van der Waals surface area contributed by atoms with E-state index in [2.05, 4.69) is 25.0 Å². The van der Waals surface area contributed by atoms with Gasteiger partial charge in [-0.25, -0.2) is 4.98 Å². The first-order chi connectivity index (χ1) is 15.2. The fourth-order valence-corrected chi connectivity index (χ4v) is 3.05. The third kappa shape index (κ3) is 4.06. The van der Waals surface area contributed by atoms with Crippen LogP contribution in [0.15, 0.2) is 42.5 Å². The number of fused-ring (bicyclic) bond motifs is 1. The van der Waals surface area contributed by atoms with Crippen molar-refractivity contribution >= 4 is 34.0 Å². The lowest BCUT2D eigenvalue weighted by Crippen LogP contribution is -2.12. The minimum atomic E-state index is -2.96. The fraction of sp³-hybridized carbons (Fsp3) is 0.105. The zero-order valence-electron chi connectivity index (χ0n) is 16.4. The Bertz CT molecular complexity index is 1280. The van der Waals surface area contributed by atoms with Crippen molar-refractivity contribution in [3.05, 3.63) is 54.1 Å². The molecule has 0 fully saturated rings. The second kappa shape index (κ2) is 8.20. The van der Waals surface area contributed by atoms with Crippen molar-refractivity contribution in [2.45, 2.75) is 13.5 Å². The van der Waals surface area contributed by atoms with Crippen LogP contribution in [0.5, 0.6) is 5.75 Å². The summed E-state index contributed by atoms with van der Waals surface area (Å²) in [7, 11) is 0. The molecule has 0 amide bonds. The number of ether oxygens (including phenoxy) is 1. The number of hydrogen-bond acceptors (Lipinski definition) is 9. The average molecular weight is 447 g/mol. The summed E-state index contributed by atoms with van der Waals surface area (Å²) in [5.74, 6) is -1.28. The summed E-state index contributed by atoms with van der Waals surface area (Å²) >= 11 is 0. The van der Waals surface area contributed by atoms with Crippen molar-refractivity contribution in [2.75, 3.05) is 16.3 Å². The molecule has 2 aromatic carbocycles. The number of benzene rings is 2. The van der Waals surface area contributed by atoms with E-state index in [0.717, 1.165) is 0 Å². The highest BCUT2D eigenvalue weighted by Crippen LogP contribution is 2.28. The molecular weight excluding hydrogens is 431 g/mol. The number of aromatic nitrogens is 4. The van der Waals surface area contributed by atoms with Crippen molar-refractivity contribution in [3.63, 3.8) is 0 Å². The van der Waals surface area contributed by atoms with Gasteiger partial charge in [-0.05, 0) is 49.4 Å². The summed E-state index contributed by atoms with van der Waals surface area (Å²) in [5, 5.41) is 21.3. The molecule has 2 heterocycles. The molecule has 0 saturated carbocycles. The second-order valence-corrected chi connectivity index (χ2v) is 6.56. The van der Waals surface area contributed by atoms with Crippen LogP contribution in [0, 0.1) is 12.7 Å². The van der Waals surface area contributed by atoms with Gasteiger partial charge in [0, 0.05) is 5.69 Å². The number of nitrogens with one attached hydrogen (secondary N) is 1. The van der Waals surface area contributed by atoms with E-state index >= 15 is 0 Å². The van der Waals surface area contributed by atoms with Gasteiger partial charge in [-0.2, -0.15) is 23.1 Å². The minimum Gasteiger partial charge on any atom is -0.435 e. The van der Waals surface area contributed by atoms with Gasteiger partial charge in [0.2, 0.25) is 11.8 Å². The standard InChI is InChI=1S/C19H16F3N7O3/c1-9-24-13-7-4-11(29(30)31)8-14(13)28(9)19-26-16(23)15(20)17(27-19)25-10-2-5-12(6-3-10)32-18(21)22/h2-8,18,30-31H,1H3,(H3,23,25,26,27). The van der Waals surface area contributed by atoms with E-state index < -0.39 is 18.2 Å². The van der Waals surface area contributed by atoms with Crippen LogP contribution in [0.4, 0.5) is 36.2 Å². The highest BCUT2D eigenvalue weighted by molar-refractivity contribution is 5.81. The molecule has 0 radical (unpaired) electrons. The van der Waals surface area contributed by atoms with Gasteiger partial charge in [0.1, 0.15) is 11.6 Å². The summed E-state index contributed by atoms with van der Waals surface area (Å²) in [5.41, 5.74) is 7.05. The number of halogens is 3. The largest absolute Gasteiger partial charge is 0.435 e. The molecule has 0 unspecified atom stereocenters. The van der Waals surface area contributed by atoms with Crippen LogP contribution < -0.4 is 21.0 Å². The van der Waals surface area contributed by atoms with Gasteiger partial charge in [0.25, 0.3) is 0 Å². The zero-order chi connectivity index (χ0) is 23.0. The molecule has 0 aliphatic heterocycles. The summed E-state index contributed by atoms with van der Waals surface area (Å²) in [6, 6.07) is 9.78. The van der Waals surface area contributed by atoms with E-state index in [4.69, 9.17) is 5.73 Å². The maximum Gasteiger partial charge on any atom is 0.387 e. The van der Waals surface area contributed by atoms with E-state index in [1.807, 2.05) is 0 Å². The first-order valence-corrected chi connectivity index (χ1v) is 9.05. The molecule has 166 valence electrons. The molecule has 0 spiro atoms. The van der Waals surface area contributed by atoms with Crippen LogP contribution in [-0.2, 0) is 0 Å². The molecule has 32 heavy (non-hydrogen) atoms. The Balaban J connectivity index is 1.75. The van der Waals surface area contributed by atoms with Crippen LogP contribution in [0.1, 0.15) is 5.82 Å². The quantitative estimate of drug-likeness (QED) is 0.326. The maximum atomic E-state index is 14.6. The number of rotatable bonds is 6. The van der Waals surface area contributed by atoms with Gasteiger partial charge in [0.05, 0.1) is 16.7 Å². The molecule has 4 rings (SSSR count). The Hall–Kier alpha value is -4.10. The molecule has 0 aliphatic carbocycles. The molecule has 13 heteroatoms. The number of anilines is 4. The Morgan fingerprint density at radius 2 is 1.81 bits per heavy atom. The van der Waals surface area contributed by atoms with Crippen molar-refractivity contribution in [3.8, 4) is 11.7 Å². The van der Waals surface area contributed by atoms with Gasteiger partial charge < -0.3 is 15.8 Å². The first-order valence-electron chi connectivity index (χ1n) is 9.05. The van der Waals surface area contributed by atoms with E-state index in [9.17, 15) is 23.6 Å². The summed E-state index contributed by atoms with van der Waals surface area (Å²) in [4.78, 5) is 12.5. The van der Waals surface area contributed by atoms with Crippen LogP contribution >= 0.6 is 0 Å². The SMILES string of the molecule is Cc1nc2ccc(N(O)O)cc2n1-c1nc(N)c(F)c(Nc2ccc(OC(F)F)cc2)n1. The fourth-order valence-electron chi connectivity index (χ4n) is 3.05. The van der Waals surface area contributed by atoms with Crippen LogP contribution in [0.25, 0.3) is 17.0 Å². The van der Waals surface area contributed by atoms with Gasteiger partial charge >= 0.3 is 6.61 Å². The minimum absolute atomic E-state index is 0.0244. The summed E-state index contributed by atoms with van der Waals surface area (Å²) < 4.78 is 45.0. The average Bonchev–Trinajstić information content (AvgIpc) is 3.07. The van der Waals surface area contributed by atoms with Gasteiger partial charge in [0.15, 0.2) is 11.6 Å². The molecule has 0 aliphatic rings. The van der Waals surface area contributed by atoms with Crippen molar-refractivity contribution in [1.29, 1.82) is 0 Å². The van der Waals surface area contributed by atoms with Crippen molar-refractivity contribution in [1.82, 2.24) is 19.5 Å². The Labute approximate surface area is 178 Å². The van der Waals surface area contributed by atoms with Crippen molar-refractivity contribution < 1.29 is 28.3 Å². The zero-order valence-corrected chi connectivity index (χ0v) is 16.4. The van der Waals surface area contributed by atoms with E-state index in [1.165, 1.54) is 41.0 Å². The molecular formula is C19H16F3N7O3. The molecule has 10 nitrogen and oxygen atoms in total. The summed E-state index contributed by atoms with van der Waals surface area (Å²) in [6.07, 6.45) is 0. The van der Waals surface area contributed by atoms with Crippen LogP contribution in [0.2, 0.25) is 0 Å². The lowest BCUT2D eigenvalue weighted by atomic mass is 10.3. The second-order valence-electron chi connectivity index (χ2n) is 6.56.